The van der Waals surface area contributed by atoms with Gasteiger partial charge in [-0.2, -0.15) is 0 Å². The Morgan fingerprint density at radius 3 is 2.50 bits per heavy atom. The molecule has 0 radical (unpaired) electrons. The van der Waals surface area contributed by atoms with Crippen molar-refractivity contribution >= 4 is 5.97 Å². The quantitative estimate of drug-likeness (QED) is 0.826. The molecule has 1 fully saturated rings. The lowest BCUT2D eigenvalue weighted by molar-refractivity contribution is -0.166. The van der Waals surface area contributed by atoms with Gasteiger partial charge >= 0.3 is 5.97 Å². The minimum Gasteiger partial charge on any atom is -0.487 e. The third kappa shape index (κ3) is 4.11. The molecule has 5 heteroatoms. The monoisotopic (exact) mass is 327 g/mol. The molecule has 1 aromatic carbocycles. The van der Waals surface area contributed by atoms with Crippen LogP contribution in [0.4, 0.5) is 0 Å². The van der Waals surface area contributed by atoms with Crippen molar-refractivity contribution in [1.29, 1.82) is 0 Å². The van der Waals surface area contributed by atoms with Crippen LogP contribution in [-0.2, 0) is 22.7 Å². The predicted octanol–water partition coefficient (Wildman–Crippen LogP) is 3.01. The van der Waals surface area contributed by atoms with E-state index in [1.165, 1.54) is 0 Å². The average molecular weight is 327 g/mol. The van der Waals surface area contributed by atoms with E-state index in [2.05, 4.69) is 4.98 Å². The number of hydrogen-bond donors (Lipinski definition) is 1. The summed E-state index contributed by atoms with van der Waals surface area (Å²) in [5, 5.41) is 10.2. The first-order chi connectivity index (χ1) is 11.7. The van der Waals surface area contributed by atoms with Gasteiger partial charge in [-0.05, 0) is 55.5 Å². The van der Waals surface area contributed by atoms with Crippen molar-refractivity contribution in [2.75, 3.05) is 0 Å². The Balaban J connectivity index is 1.48. The summed E-state index contributed by atoms with van der Waals surface area (Å²) in [6.45, 7) is 0.559. The van der Waals surface area contributed by atoms with Gasteiger partial charge in [0.05, 0.1) is 5.69 Å². The van der Waals surface area contributed by atoms with Crippen LogP contribution in [0.3, 0.4) is 0 Å². The molecule has 1 heterocycles. The Bertz CT molecular complexity index is 664. The minimum absolute atomic E-state index is 0.154. The second-order valence-corrected chi connectivity index (χ2v) is 6.07. The van der Waals surface area contributed by atoms with Crippen LogP contribution in [0.5, 0.6) is 5.75 Å². The van der Waals surface area contributed by atoms with Crippen molar-refractivity contribution in [2.24, 2.45) is 0 Å². The molecule has 3 rings (SSSR count). The lowest BCUT2D eigenvalue weighted by Gasteiger charge is -2.19. The van der Waals surface area contributed by atoms with E-state index in [1.54, 1.807) is 6.20 Å². The molecule has 1 aromatic heterocycles. The van der Waals surface area contributed by atoms with E-state index in [4.69, 9.17) is 9.47 Å². The number of ether oxygens (including phenoxy) is 2. The van der Waals surface area contributed by atoms with Gasteiger partial charge in [0.2, 0.25) is 0 Å². The number of aliphatic hydroxyl groups is 1. The van der Waals surface area contributed by atoms with Crippen LogP contribution in [0.1, 0.15) is 36.9 Å². The smallest absolute Gasteiger partial charge is 0.338 e. The molecule has 1 aliphatic carbocycles. The van der Waals surface area contributed by atoms with Gasteiger partial charge in [-0.15, -0.1) is 0 Å². The van der Waals surface area contributed by atoms with Gasteiger partial charge in [0.15, 0.2) is 5.60 Å². The highest BCUT2D eigenvalue weighted by Crippen LogP contribution is 2.30. The largest absolute Gasteiger partial charge is 0.487 e. The van der Waals surface area contributed by atoms with Crippen molar-refractivity contribution in [3.63, 3.8) is 0 Å². The van der Waals surface area contributed by atoms with Crippen LogP contribution in [0.15, 0.2) is 48.7 Å². The summed E-state index contributed by atoms with van der Waals surface area (Å²) in [5.41, 5.74) is 0.432. The molecule has 1 saturated carbocycles. The number of rotatable bonds is 6. The molecule has 0 aliphatic heterocycles. The second-order valence-electron chi connectivity index (χ2n) is 6.07. The second kappa shape index (κ2) is 7.45. The number of aromatic nitrogens is 1. The Morgan fingerprint density at radius 1 is 1.08 bits per heavy atom. The maximum atomic E-state index is 12.0. The van der Waals surface area contributed by atoms with Gasteiger partial charge in [0.25, 0.3) is 0 Å². The third-order valence-corrected chi connectivity index (χ3v) is 4.22. The number of pyridine rings is 1. The molecular formula is C19H21NO4. The number of nitrogens with zero attached hydrogens (tertiary/aromatic N) is 1. The highest BCUT2D eigenvalue weighted by Gasteiger charge is 2.40. The van der Waals surface area contributed by atoms with Crippen LogP contribution in [0.25, 0.3) is 0 Å². The maximum Gasteiger partial charge on any atom is 0.338 e. The van der Waals surface area contributed by atoms with E-state index in [-0.39, 0.29) is 6.61 Å². The average Bonchev–Trinajstić information content (AvgIpc) is 3.07. The summed E-state index contributed by atoms with van der Waals surface area (Å²) in [4.78, 5) is 16.2. The van der Waals surface area contributed by atoms with Crippen LogP contribution < -0.4 is 4.74 Å². The van der Waals surface area contributed by atoms with Gasteiger partial charge in [0.1, 0.15) is 19.0 Å². The zero-order valence-corrected chi connectivity index (χ0v) is 13.5. The fourth-order valence-electron chi connectivity index (χ4n) is 2.77. The van der Waals surface area contributed by atoms with Crippen LogP contribution >= 0.6 is 0 Å². The molecular weight excluding hydrogens is 306 g/mol. The van der Waals surface area contributed by atoms with Gasteiger partial charge < -0.3 is 14.6 Å². The molecule has 0 atom stereocenters. The topological polar surface area (TPSA) is 68.7 Å². The van der Waals surface area contributed by atoms with E-state index in [1.807, 2.05) is 42.5 Å². The fourth-order valence-corrected chi connectivity index (χ4v) is 2.77. The lowest BCUT2D eigenvalue weighted by atomic mass is 10.0. The maximum absolute atomic E-state index is 12.0. The van der Waals surface area contributed by atoms with Gasteiger partial charge in [-0.3, -0.25) is 4.98 Å². The Labute approximate surface area is 141 Å². The van der Waals surface area contributed by atoms with Crippen LogP contribution in [-0.4, -0.2) is 21.7 Å². The SMILES string of the molecule is O=C(OCc1ccc(OCc2ccccn2)cc1)C1(O)CCCC1. The third-order valence-electron chi connectivity index (χ3n) is 4.22. The van der Waals surface area contributed by atoms with Crippen LogP contribution in [0.2, 0.25) is 0 Å². The molecule has 5 nitrogen and oxygen atoms in total. The molecule has 1 aliphatic rings. The lowest BCUT2D eigenvalue weighted by Crippen LogP contribution is -2.36. The van der Waals surface area contributed by atoms with Crippen molar-refractivity contribution in [1.82, 2.24) is 4.98 Å². The van der Waals surface area contributed by atoms with E-state index in [0.29, 0.717) is 19.4 Å². The van der Waals surface area contributed by atoms with E-state index in [0.717, 1.165) is 29.8 Å². The van der Waals surface area contributed by atoms with Crippen molar-refractivity contribution < 1.29 is 19.4 Å². The van der Waals surface area contributed by atoms with E-state index >= 15 is 0 Å². The first kappa shape index (κ1) is 16.5. The zero-order valence-electron chi connectivity index (χ0n) is 13.5. The van der Waals surface area contributed by atoms with Crippen LogP contribution in [0, 0.1) is 0 Å². The molecule has 0 spiro atoms. The summed E-state index contributed by atoms with van der Waals surface area (Å²) in [6.07, 6.45) is 4.45. The highest BCUT2D eigenvalue weighted by atomic mass is 16.5. The first-order valence-electron chi connectivity index (χ1n) is 8.17. The Morgan fingerprint density at radius 2 is 1.83 bits per heavy atom. The summed E-state index contributed by atoms with van der Waals surface area (Å²) in [6, 6.07) is 13.0. The summed E-state index contributed by atoms with van der Waals surface area (Å²) in [5.74, 6) is 0.209. The van der Waals surface area contributed by atoms with Crippen molar-refractivity contribution in [3.05, 3.63) is 59.9 Å². The van der Waals surface area contributed by atoms with Gasteiger partial charge in [0, 0.05) is 6.20 Å². The molecule has 1 N–H and O–H groups in total. The zero-order chi connectivity index (χ0) is 16.8. The molecule has 0 amide bonds. The molecule has 0 bridgehead atoms. The molecule has 2 aromatic rings. The standard InChI is InChI=1S/C19H21NO4/c21-18(19(22)10-2-3-11-19)24-13-15-6-8-17(9-7-15)23-14-16-5-1-4-12-20-16/h1,4-9,12,22H,2-3,10-11,13-14H2. The molecule has 24 heavy (non-hydrogen) atoms. The number of carbonyl (C=O) groups is 1. The number of benzene rings is 1. The number of hydrogen-bond acceptors (Lipinski definition) is 5. The Kier molecular flexibility index (Phi) is 5.11. The molecule has 126 valence electrons. The van der Waals surface area contributed by atoms with Crippen molar-refractivity contribution in [2.45, 2.75) is 44.5 Å². The fraction of sp³-hybridized carbons (Fsp3) is 0.368. The normalized spacial score (nSPS) is 15.9. The van der Waals surface area contributed by atoms with Gasteiger partial charge in [-0.25, -0.2) is 4.79 Å². The first-order valence-corrected chi connectivity index (χ1v) is 8.17. The van der Waals surface area contributed by atoms with Gasteiger partial charge in [-0.1, -0.05) is 18.2 Å². The predicted molar refractivity (Wildman–Crippen MR) is 88.2 cm³/mol. The minimum atomic E-state index is -1.29. The Hall–Kier alpha value is -2.40. The van der Waals surface area contributed by atoms with Crippen molar-refractivity contribution in [3.8, 4) is 5.75 Å². The number of carbonyl (C=O) groups excluding carboxylic acids is 1. The van der Waals surface area contributed by atoms with E-state index < -0.39 is 11.6 Å². The summed E-state index contributed by atoms with van der Waals surface area (Å²) in [7, 11) is 0. The van der Waals surface area contributed by atoms with E-state index in [9.17, 15) is 9.90 Å². The summed E-state index contributed by atoms with van der Waals surface area (Å²) < 4.78 is 10.9. The molecule has 0 unspecified atom stereocenters. The highest BCUT2D eigenvalue weighted by molar-refractivity contribution is 5.79. The summed E-state index contributed by atoms with van der Waals surface area (Å²) >= 11 is 0. The molecule has 0 saturated heterocycles. The number of esters is 1.